The maximum atomic E-state index is 5.85. The van der Waals surface area contributed by atoms with E-state index in [1.807, 2.05) is 0 Å². The van der Waals surface area contributed by atoms with Crippen LogP contribution in [0.25, 0.3) is 0 Å². The molecule has 1 saturated heterocycles. The molecule has 0 spiro atoms. The Labute approximate surface area is 92.2 Å². The van der Waals surface area contributed by atoms with Crippen LogP contribution in [-0.2, 0) is 0 Å². The molecule has 2 fully saturated rings. The van der Waals surface area contributed by atoms with Gasteiger partial charge in [0.15, 0.2) is 0 Å². The van der Waals surface area contributed by atoms with Crippen LogP contribution in [-0.4, -0.2) is 17.0 Å². The summed E-state index contributed by atoms with van der Waals surface area (Å²) in [5, 5.41) is 0. The smallest absolute Gasteiger partial charge is 0.0135 e. The van der Waals surface area contributed by atoms with Crippen LogP contribution >= 0.6 is 11.8 Å². The lowest BCUT2D eigenvalue weighted by molar-refractivity contribution is 0.335. The van der Waals surface area contributed by atoms with Gasteiger partial charge in [-0.3, -0.25) is 0 Å². The van der Waals surface area contributed by atoms with Crippen molar-refractivity contribution in [3.8, 4) is 0 Å². The van der Waals surface area contributed by atoms with E-state index in [4.69, 9.17) is 5.73 Å². The molecule has 14 heavy (non-hydrogen) atoms. The predicted octanol–water partition coefficient (Wildman–Crippen LogP) is 2.75. The Kier molecular flexibility index (Phi) is 2.43. The summed E-state index contributed by atoms with van der Waals surface area (Å²) in [6.45, 7) is 10.5. The highest BCUT2D eigenvalue weighted by Crippen LogP contribution is 2.66. The number of hydrogen-bond donors (Lipinski definition) is 1. The molecule has 1 heterocycles. The number of nitrogens with two attached hydrogens (primary N) is 1. The Morgan fingerprint density at radius 3 is 2.29 bits per heavy atom. The Bertz CT molecular complexity index is 234. The van der Waals surface area contributed by atoms with E-state index in [2.05, 4.69) is 39.5 Å². The van der Waals surface area contributed by atoms with Crippen molar-refractivity contribution in [2.45, 2.75) is 38.9 Å². The molecule has 2 aliphatic rings. The minimum atomic E-state index is 0.492. The van der Waals surface area contributed by atoms with Crippen molar-refractivity contribution in [2.75, 3.05) is 12.3 Å². The van der Waals surface area contributed by atoms with E-state index < -0.39 is 0 Å². The van der Waals surface area contributed by atoms with E-state index in [9.17, 15) is 0 Å². The van der Waals surface area contributed by atoms with Gasteiger partial charge in [0.1, 0.15) is 0 Å². The molecule has 82 valence electrons. The lowest BCUT2D eigenvalue weighted by atomic mass is 9.85. The largest absolute Gasteiger partial charge is 0.330 e. The molecule has 3 unspecified atom stereocenters. The summed E-state index contributed by atoms with van der Waals surface area (Å²) in [5.74, 6) is 3.92. The highest BCUT2D eigenvalue weighted by atomic mass is 32.2. The first-order chi connectivity index (χ1) is 6.41. The first-order valence-corrected chi connectivity index (χ1v) is 6.74. The molecule has 0 amide bonds. The zero-order chi connectivity index (χ0) is 10.6. The van der Waals surface area contributed by atoms with Gasteiger partial charge in [-0.05, 0) is 41.9 Å². The minimum Gasteiger partial charge on any atom is -0.330 e. The average Bonchev–Trinajstić information content (AvgIpc) is 2.40. The molecule has 2 heteroatoms. The monoisotopic (exact) mass is 213 g/mol. The summed E-state index contributed by atoms with van der Waals surface area (Å²) < 4.78 is 0.492. The molecule has 3 atom stereocenters. The maximum absolute atomic E-state index is 5.85. The van der Waals surface area contributed by atoms with Crippen molar-refractivity contribution in [1.29, 1.82) is 0 Å². The van der Waals surface area contributed by atoms with E-state index >= 15 is 0 Å². The van der Waals surface area contributed by atoms with Crippen molar-refractivity contribution >= 4 is 11.8 Å². The van der Waals surface area contributed by atoms with E-state index in [-0.39, 0.29) is 0 Å². The third kappa shape index (κ3) is 1.42. The van der Waals surface area contributed by atoms with Crippen molar-refractivity contribution in [2.24, 2.45) is 28.9 Å². The Morgan fingerprint density at radius 1 is 1.29 bits per heavy atom. The number of hydrogen-bond acceptors (Lipinski definition) is 2. The van der Waals surface area contributed by atoms with Gasteiger partial charge >= 0.3 is 0 Å². The van der Waals surface area contributed by atoms with Crippen LogP contribution in [0.4, 0.5) is 0 Å². The molecule has 1 aliphatic heterocycles. The van der Waals surface area contributed by atoms with Gasteiger partial charge < -0.3 is 5.73 Å². The van der Waals surface area contributed by atoms with Crippen LogP contribution in [0.3, 0.4) is 0 Å². The third-order valence-corrected chi connectivity index (χ3v) is 6.11. The minimum absolute atomic E-state index is 0.492. The SMILES string of the molecule is CC1(C)SCCC1C1C(CN)C1(C)C. The summed E-state index contributed by atoms with van der Waals surface area (Å²) in [4.78, 5) is 0. The van der Waals surface area contributed by atoms with E-state index in [0.717, 1.165) is 24.3 Å². The van der Waals surface area contributed by atoms with E-state index in [1.54, 1.807) is 0 Å². The van der Waals surface area contributed by atoms with Gasteiger partial charge in [-0.1, -0.05) is 27.7 Å². The second kappa shape index (κ2) is 3.15. The molecule has 1 nitrogen and oxygen atoms in total. The predicted molar refractivity (Wildman–Crippen MR) is 64.5 cm³/mol. The zero-order valence-corrected chi connectivity index (χ0v) is 10.7. The molecular formula is C12H23NS. The normalized spacial score (nSPS) is 43.9. The second-order valence-electron chi connectivity index (χ2n) is 6.04. The standard InChI is InChI=1S/C12H23NS/c1-11(2)9(7-13)10(11)8-5-6-14-12(8,3)4/h8-10H,5-7,13H2,1-4H3. The summed E-state index contributed by atoms with van der Waals surface area (Å²) in [7, 11) is 0. The van der Waals surface area contributed by atoms with Gasteiger partial charge in [-0.15, -0.1) is 0 Å². The van der Waals surface area contributed by atoms with Gasteiger partial charge in [0.25, 0.3) is 0 Å². The Morgan fingerprint density at radius 2 is 1.93 bits per heavy atom. The molecule has 2 rings (SSSR count). The molecule has 0 radical (unpaired) electrons. The average molecular weight is 213 g/mol. The van der Waals surface area contributed by atoms with Crippen molar-refractivity contribution in [3.05, 3.63) is 0 Å². The Hall–Kier alpha value is 0.310. The quantitative estimate of drug-likeness (QED) is 0.763. The number of rotatable bonds is 2. The first-order valence-electron chi connectivity index (χ1n) is 5.75. The third-order valence-electron chi connectivity index (χ3n) is 4.62. The van der Waals surface area contributed by atoms with Gasteiger partial charge in [0.05, 0.1) is 0 Å². The first kappa shape index (κ1) is 10.8. The molecule has 0 bridgehead atoms. The fraction of sp³-hybridized carbons (Fsp3) is 1.00. The van der Waals surface area contributed by atoms with Crippen molar-refractivity contribution in [1.82, 2.24) is 0 Å². The topological polar surface area (TPSA) is 26.0 Å². The van der Waals surface area contributed by atoms with Crippen LogP contribution in [0.1, 0.15) is 34.1 Å². The van der Waals surface area contributed by atoms with Gasteiger partial charge in [0, 0.05) is 4.75 Å². The van der Waals surface area contributed by atoms with E-state index in [0.29, 0.717) is 10.2 Å². The van der Waals surface area contributed by atoms with Crippen LogP contribution in [0.15, 0.2) is 0 Å². The van der Waals surface area contributed by atoms with Crippen LogP contribution in [0.2, 0.25) is 0 Å². The lowest BCUT2D eigenvalue weighted by Gasteiger charge is -2.27. The summed E-state index contributed by atoms with van der Waals surface area (Å²) >= 11 is 2.15. The van der Waals surface area contributed by atoms with Crippen molar-refractivity contribution in [3.63, 3.8) is 0 Å². The highest BCUT2D eigenvalue weighted by Gasteiger charge is 2.62. The molecule has 0 aromatic rings. The van der Waals surface area contributed by atoms with Gasteiger partial charge in [-0.2, -0.15) is 11.8 Å². The fourth-order valence-electron chi connectivity index (χ4n) is 3.55. The molecule has 0 aromatic heterocycles. The van der Waals surface area contributed by atoms with Crippen molar-refractivity contribution < 1.29 is 0 Å². The maximum Gasteiger partial charge on any atom is 0.0135 e. The molecule has 1 saturated carbocycles. The van der Waals surface area contributed by atoms with Crippen LogP contribution in [0.5, 0.6) is 0 Å². The van der Waals surface area contributed by atoms with Gasteiger partial charge in [-0.25, -0.2) is 0 Å². The fourth-order valence-corrected chi connectivity index (χ4v) is 4.93. The molecular weight excluding hydrogens is 190 g/mol. The Balaban J connectivity index is 2.11. The molecule has 1 aliphatic carbocycles. The highest BCUT2D eigenvalue weighted by molar-refractivity contribution is 8.00. The molecule has 0 aromatic carbocycles. The van der Waals surface area contributed by atoms with Crippen LogP contribution < -0.4 is 5.73 Å². The van der Waals surface area contributed by atoms with Crippen LogP contribution in [0, 0.1) is 23.2 Å². The summed E-state index contributed by atoms with van der Waals surface area (Å²) in [5.41, 5.74) is 6.36. The summed E-state index contributed by atoms with van der Waals surface area (Å²) in [6, 6.07) is 0. The second-order valence-corrected chi connectivity index (χ2v) is 7.79. The van der Waals surface area contributed by atoms with E-state index in [1.165, 1.54) is 12.2 Å². The number of thioether (sulfide) groups is 1. The molecule has 2 N–H and O–H groups in total. The summed E-state index contributed by atoms with van der Waals surface area (Å²) in [6.07, 6.45) is 1.41. The lowest BCUT2D eigenvalue weighted by Crippen LogP contribution is -2.26. The zero-order valence-electron chi connectivity index (χ0n) is 9.84. The van der Waals surface area contributed by atoms with Gasteiger partial charge in [0.2, 0.25) is 0 Å².